The van der Waals surface area contributed by atoms with E-state index in [0.29, 0.717) is 30.8 Å². The van der Waals surface area contributed by atoms with Gasteiger partial charge in [-0.2, -0.15) is 4.31 Å². The van der Waals surface area contributed by atoms with E-state index in [2.05, 4.69) is 12.2 Å². The van der Waals surface area contributed by atoms with E-state index < -0.39 is 10.0 Å². The Labute approximate surface area is 183 Å². The van der Waals surface area contributed by atoms with Crippen LogP contribution in [0.1, 0.15) is 31.7 Å². The lowest BCUT2D eigenvalue weighted by Crippen LogP contribution is -2.28. The van der Waals surface area contributed by atoms with E-state index in [1.165, 1.54) is 4.31 Å². The first-order chi connectivity index (χ1) is 14.5. The van der Waals surface area contributed by atoms with Gasteiger partial charge in [-0.05, 0) is 60.9 Å². The van der Waals surface area contributed by atoms with Crippen LogP contribution in [0.4, 0.5) is 5.69 Å². The van der Waals surface area contributed by atoms with Crippen molar-refractivity contribution >= 4 is 33.4 Å². The standard InChI is InChI=1S/C22H28N2O4S2/c1-3-29-21-9-5-4-8-19(21)23-22(25)13-10-17-16-18(11-12-20(17)28-2)30(26,27)24-14-6-7-15-24/h4-5,8-9,11-12,16H,3,6-7,10,13-15H2,1-2H3,(H,23,25). The van der Waals surface area contributed by atoms with Gasteiger partial charge in [0.1, 0.15) is 5.75 Å². The minimum Gasteiger partial charge on any atom is -0.496 e. The third-order valence-electron chi connectivity index (χ3n) is 5.04. The highest BCUT2D eigenvalue weighted by molar-refractivity contribution is 7.99. The van der Waals surface area contributed by atoms with Crippen LogP contribution in [0.15, 0.2) is 52.3 Å². The number of carbonyl (C=O) groups excluding carboxylic acids is 1. The SMILES string of the molecule is CCSc1ccccc1NC(=O)CCc1cc(S(=O)(=O)N2CCCC2)ccc1OC. The Morgan fingerprint density at radius 3 is 2.60 bits per heavy atom. The van der Waals surface area contributed by atoms with Gasteiger partial charge in [0, 0.05) is 24.4 Å². The number of methoxy groups -OCH3 is 1. The number of amides is 1. The Morgan fingerprint density at radius 1 is 1.17 bits per heavy atom. The first kappa shape index (κ1) is 22.7. The molecule has 0 unspecified atom stereocenters. The maximum Gasteiger partial charge on any atom is 0.243 e. The summed E-state index contributed by atoms with van der Waals surface area (Å²) in [7, 11) is -1.96. The Hall–Kier alpha value is -2.03. The van der Waals surface area contributed by atoms with Crippen LogP contribution >= 0.6 is 11.8 Å². The zero-order valence-corrected chi connectivity index (χ0v) is 19.0. The van der Waals surface area contributed by atoms with Gasteiger partial charge >= 0.3 is 0 Å². The van der Waals surface area contributed by atoms with Crippen molar-refractivity contribution in [3.05, 3.63) is 48.0 Å². The van der Waals surface area contributed by atoms with Crippen molar-refractivity contribution < 1.29 is 17.9 Å². The molecule has 1 saturated heterocycles. The number of sulfonamides is 1. The molecule has 8 heteroatoms. The molecular weight excluding hydrogens is 420 g/mol. The highest BCUT2D eigenvalue weighted by Crippen LogP contribution is 2.29. The molecule has 2 aromatic rings. The molecule has 0 bridgehead atoms. The van der Waals surface area contributed by atoms with Crippen LogP contribution in [0.5, 0.6) is 5.75 Å². The van der Waals surface area contributed by atoms with Crippen LogP contribution in [-0.2, 0) is 21.2 Å². The van der Waals surface area contributed by atoms with Gasteiger partial charge in [0.15, 0.2) is 0 Å². The largest absolute Gasteiger partial charge is 0.496 e. The summed E-state index contributed by atoms with van der Waals surface area (Å²) in [6.07, 6.45) is 2.40. The van der Waals surface area contributed by atoms with Crippen LogP contribution in [0.25, 0.3) is 0 Å². The molecule has 1 fully saturated rings. The first-order valence-electron chi connectivity index (χ1n) is 10.1. The highest BCUT2D eigenvalue weighted by Gasteiger charge is 2.27. The van der Waals surface area contributed by atoms with Gasteiger partial charge in [-0.25, -0.2) is 8.42 Å². The smallest absolute Gasteiger partial charge is 0.243 e. The number of aryl methyl sites for hydroxylation is 1. The van der Waals surface area contributed by atoms with Gasteiger partial charge in [0.05, 0.1) is 17.7 Å². The molecule has 0 spiro atoms. The molecule has 162 valence electrons. The number of carbonyl (C=O) groups is 1. The Kier molecular flexibility index (Phi) is 7.80. The van der Waals surface area contributed by atoms with Crippen molar-refractivity contribution in [1.29, 1.82) is 0 Å². The fourth-order valence-corrected chi connectivity index (χ4v) is 5.83. The van der Waals surface area contributed by atoms with Crippen LogP contribution in [0, 0.1) is 0 Å². The number of thioether (sulfide) groups is 1. The van der Waals surface area contributed by atoms with Crippen molar-refractivity contribution in [1.82, 2.24) is 4.31 Å². The van der Waals surface area contributed by atoms with E-state index in [9.17, 15) is 13.2 Å². The molecule has 30 heavy (non-hydrogen) atoms. The minimum absolute atomic E-state index is 0.117. The van der Waals surface area contributed by atoms with Crippen LogP contribution in [0.3, 0.4) is 0 Å². The zero-order valence-electron chi connectivity index (χ0n) is 17.4. The molecule has 1 heterocycles. The third-order valence-corrected chi connectivity index (χ3v) is 7.89. The van der Waals surface area contributed by atoms with E-state index in [4.69, 9.17) is 4.74 Å². The van der Waals surface area contributed by atoms with E-state index in [-0.39, 0.29) is 17.2 Å². The van der Waals surface area contributed by atoms with Gasteiger partial charge in [-0.15, -0.1) is 11.8 Å². The molecule has 3 rings (SSSR count). The van der Waals surface area contributed by atoms with Gasteiger partial charge < -0.3 is 10.1 Å². The van der Waals surface area contributed by atoms with Crippen LogP contribution in [-0.4, -0.2) is 44.6 Å². The van der Waals surface area contributed by atoms with Crippen LogP contribution < -0.4 is 10.1 Å². The van der Waals surface area contributed by atoms with Gasteiger partial charge in [0.25, 0.3) is 0 Å². The van der Waals surface area contributed by atoms with E-state index in [1.807, 2.05) is 24.3 Å². The fourth-order valence-electron chi connectivity index (χ4n) is 3.50. The molecule has 0 aliphatic carbocycles. The molecule has 0 saturated carbocycles. The second kappa shape index (κ2) is 10.3. The molecule has 6 nitrogen and oxygen atoms in total. The van der Waals surface area contributed by atoms with Crippen molar-refractivity contribution in [2.45, 2.75) is 42.4 Å². The summed E-state index contributed by atoms with van der Waals surface area (Å²) in [5.74, 6) is 1.39. The minimum atomic E-state index is -3.51. The Bertz CT molecular complexity index is 986. The molecule has 1 amide bonds. The number of ether oxygens (including phenoxy) is 1. The molecule has 1 aliphatic rings. The monoisotopic (exact) mass is 448 g/mol. The van der Waals surface area contributed by atoms with E-state index in [1.54, 1.807) is 37.1 Å². The second-order valence-corrected chi connectivity index (χ2v) is 10.3. The summed E-state index contributed by atoms with van der Waals surface area (Å²) in [4.78, 5) is 13.8. The Balaban J connectivity index is 1.72. The maximum absolute atomic E-state index is 12.9. The summed E-state index contributed by atoms with van der Waals surface area (Å²) in [5, 5.41) is 2.97. The van der Waals surface area contributed by atoms with Gasteiger partial charge in [-0.3, -0.25) is 4.79 Å². The van der Waals surface area contributed by atoms with Crippen molar-refractivity contribution in [3.8, 4) is 5.75 Å². The normalized spacial score (nSPS) is 14.6. The molecule has 0 atom stereocenters. The predicted molar refractivity (Wildman–Crippen MR) is 121 cm³/mol. The number of para-hydroxylation sites is 1. The molecule has 2 aromatic carbocycles. The number of hydrogen-bond acceptors (Lipinski definition) is 5. The summed E-state index contributed by atoms with van der Waals surface area (Å²) in [6.45, 7) is 3.18. The number of benzene rings is 2. The lowest BCUT2D eigenvalue weighted by Gasteiger charge is -2.17. The topological polar surface area (TPSA) is 75.7 Å². The quantitative estimate of drug-likeness (QED) is 0.583. The molecule has 0 radical (unpaired) electrons. The fraction of sp³-hybridized carbons (Fsp3) is 0.409. The lowest BCUT2D eigenvalue weighted by molar-refractivity contribution is -0.116. The summed E-state index contributed by atoms with van der Waals surface area (Å²) < 4.78 is 32.7. The molecule has 1 N–H and O–H groups in total. The number of nitrogens with one attached hydrogen (secondary N) is 1. The van der Waals surface area contributed by atoms with E-state index in [0.717, 1.165) is 29.2 Å². The van der Waals surface area contributed by atoms with Crippen molar-refractivity contribution in [3.63, 3.8) is 0 Å². The molecule has 0 aromatic heterocycles. The number of nitrogens with zero attached hydrogens (tertiary/aromatic N) is 1. The predicted octanol–water partition coefficient (Wildman–Crippen LogP) is 4.16. The average molecular weight is 449 g/mol. The third kappa shape index (κ3) is 5.36. The number of anilines is 1. The first-order valence-corrected chi connectivity index (χ1v) is 12.6. The number of hydrogen-bond donors (Lipinski definition) is 1. The summed E-state index contributed by atoms with van der Waals surface area (Å²) >= 11 is 1.68. The average Bonchev–Trinajstić information content (AvgIpc) is 3.29. The van der Waals surface area contributed by atoms with Crippen molar-refractivity contribution in [2.75, 3.05) is 31.3 Å². The zero-order chi connectivity index (χ0) is 21.6. The van der Waals surface area contributed by atoms with Gasteiger partial charge in [0.2, 0.25) is 15.9 Å². The van der Waals surface area contributed by atoms with Crippen LogP contribution in [0.2, 0.25) is 0 Å². The Morgan fingerprint density at radius 2 is 1.90 bits per heavy atom. The number of rotatable bonds is 9. The highest BCUT2D eigenvalue weighted by atomic mass is 32.2. The molecule has 1 aliphatic heterocycles. The lowest BCUT2D eigenvalue weighted by atomic mass is 10.1. The maximum atomic E-state index is 12.9. The second-order valence-electron chi connectivity index (χ2n) is 7.06. The van der Waals surface area contributed by atoms with E-state index >= 15 is 0 Å². The summed E-state index contributed by atoms with van der Waals surface area (Å²) in [6, 6.07) is 12.6. The van der Waals surface area contributed by atoms with Gasteiger partial charge in [-0.1, -0.05) is 19.1 Å². The summed E-state index contributed by atoms with van der Waals surface area (Å²) in [5.41, 5.74) is 1.51. The van der Waals surface area contributed by atoms with Crippen molar-refractivity contribution in [2.24, 2.45) is 0 Å². The molecular formula is C22H28N2O4S2.